The highest BCUT2D eigenvalue weighted by Crippen LogP contribution is 2.37. The molecule has 0 aliphatic heterocycles. The van der Waals surface area contributed by atoms with Crippen LogP contribution in [0.25, 0.3) is 11.1 Å². The van der Waals surface area contributed by atoms with E-state index in [1.165, 1.54) is 22.3 Å². The molecule has 0 bridgehead atoms. The zero-order valence-corrected chi connectivity index (χ0v) is 13.9. The topological polar surface area (TPSA) is 46.2 Å². The van der Waals surface area contributed by atoms with Crippen molar-refractivity contribution in [1.29, 1.82) is 0 Å². The molecule has 0 radical (unpaired) electrons. The van der Waals surface area contributed by atoms with E-state index in [4.69, 9.17) is 5.73 Å². The molecule has 118 valence electrons. The van der Waals surface area contributed by atoms with Crippen LogP contribution in [-0.4, -0.2) is 11.2 Å². The van der Waals surface area contributed by atoms with Gasteiger partial charge in [-0.2, -0.15) is 0 Å². The summed E-state index contributed by atoms with van der Waals surface area (Å²) in [5.41, 5.74) is 12.6. The van der Waals surface area contributed by atoms with Crippen LogP contribution < -0.4 is 5.73 Å². The summed E-state index contributed by atoms with van der Waals surface area (Å²) in [5, 5.41) is 10.3. The van der Waals surface area contributed by atoms with Gasteiger partial charge in [-0.3, -0.25) is 0 Å². The van der Waals surface area contributed by atoms with E-state index < -0.39 is 6.10 Å². The molecule has 1 unspecified atom stereocenters. The highest BCUT2D eigenvalue weighted by molar-refractivity contribution is 5.85. The molecule has 0 fully saturated rings. The zero-order chi connectivity index (χ0) is 15.0. The number of halogens is 1. The third-order valence-electron chi connectivity index (χ3n) is 4.80. The summed E-state index contributed by atoms with van der Waals surface area (Å²) in [6.07, 6.45) is 1.41. The average Bonchev–Trinajstić information content (AvgIpc) is 2.90. The Labute approximate surface area is 138 Å². The van der Waals surface area contributed by atoms with Crippen LogP contribution in [0.1, 0.15) is 43.0 Å². The van der Waals surface area contributed by atoms with Gasteiger partial charge in [-0.25, -0.2) is 0 Å². The fourth-order valence-electron chi connectivity index (χ4n) is 3.17. The van der Waals surface area contributed by atoms with E-state index >= 15 is 0 Å². The van der Waals surface area contributed by atoms with Gasteiger partial charge in [0.25, 0.3) is 0 Å². The minimum Gasteiger partial charge on any atom is -0.391 e. The fraction of sp³-hybridized carbons (Fsp3) is 0.368. The summed E-state index contributed by atoms with van der Waals surface area (Å²) in [6.45, 7) is 4.13. The van der Waals surface area contributed by atoms with Gasteiger partial charge in [0.2, 0.25) is 0 Å². The molecule has 0 heterocycles. The van der Waals surface area contributed by atoms with Crippen LogP contribution >= 0.6 is 12.4 Å². The van der Waals surface area contributed by atoms with Crippen molar-refractivity contribution in [1.82, 2.24) is 0 Å². The Balaban J connectivity index is 0.00000176. The number of hydrogen-bond donors (Lipinski definition) is 2. The van der Waals surface area contributed by atoms with Crippen molar-refractivity contribution < 1.29 is 5.11 Å². The lowest BCUT2D eigenvalue weighted by atomic mass is 9.90. The number of aliphatic hydroxyl groups excluding tert-OH is 1. The first-order chi connectivity index (χ1) is 10.1. The molecule has 3 atom stereocenters. The van der Waals surface area contributed by atoms with Crippen LogP contribution in [0.4, 0.5) is 0 Å². The smallest absolute Gasteiger partial charge is 0.0758 e. The Kier molecular flexibility index (Phi) is 5.28. The van der Waals surface area contributed by atoms with E-state index in [-0.39, 0.29) is 24.4 Å². The van der Waals surface area contributed by atoms with Crippen LogP contribution in [0.5, 0.6) is 0 Å². The van der Waals surface area contributed by atoms with E-state index in [1.807, 2.05) is 6.92 Å². The first-order valence-corrected chi connectivity index (χ1v) is 7.76. The molecular formula is C19H24ClNO. The van der Waals surface area contributed by atoms with Crippen molar-refractivity contribution in [2.24, 2.45) is 11.7 Å². The standard InChI is InChI=1S/C19H23NO.ClH/c1-3-12(2)19(21)18(20)14-8-9-17-15(11-14)10-13-6-4-5-7-16(13)17;/h4-9,11-12,18-19,21H,3,10,20H2,1-2H3;1H/t12?,18-,19+;/m1./s1. The maximum Gasteiger partial charge on any atom is 0.0758 e. The monoisotopic (exact) mass is 317 g/mol. The number of fused-ring (bicyclic) bond motifs is 3. The molecule has 1 aliphatic rings. The SMILES string of the molecule is CCC(C)[C@H](O)[C@H](N)c1ccc2c(c1)Cc1ccccc1-2.Cl. The van der Waals surface area contributed by atoms with Crippen molar-refractivity contribution in [3.63, 3.8) is 0 Å². The van der Waals surface area contributed by atoms with E-state index in [0.717, 1.165) is 18.4 Å². The number of aliphatic hydroxyl groups is 1. The highest BCUT2D eigenvalue weighted by Gasteiger charge is 2.24. The molecule has 3 N–H and O–H groups in total. The molecule has 0 spiro atoms. The number of nitrogens with two attached hydrogens (primary N) is 1. The molecule has 1 aliphatic carbocycles. The lowest BCUT2D eigenvalue weighted by molar-refractivity contribution is 0.0880. The summed E-state index contributed by atoms with van der Waals surface area (Å²) < 4.78 is 0. The average molecular weight is 318 g/mol. The third kappa shape index (κ3) is 2.91. The molecule has 3 rings (SSSR count). The number of benzene rings is 2. The molecule has 2 aromatic carbocycles. The molecule has 22 heavy (non-hydrogen) atoms. The van der Waals surface area contributed by atoms with Gasteiger partial charge in [-0.15, -0.1) is 12.4 Å². The maximum absolute atomic E-state index is 10.3. The second-order valence-corrected chi connectivity index (χ2v) is 6.15. The van der Waals surface area contributed by atoms with E-state index in [9.17, 15) is 5.11 Å². The van der Waals surface area contributed by atoms with Gasteiger partial charge < -0.3 is 10.8 Å². The van der Waals surface area contributed by atoms with Crippen molar-refractivity contribution in [2.75, 3.05) is 0 Å². The number of rotatable bonds is 4. The minimum atomic E-state index is -0.489. The summed E-state index contributed by atoms with van der Waals surface area (Å²) in [4.78, 5) is 0. The van der Waals surface area contributed by atoms with Crippen LogP contribution in [0.2, 0.25) is 0 Å². The quantitative estimate of drug-likeness (QED) is 0.761. The predicted octanol–water partition coefficient (Wildman–Crippen LogP) is 4.09. The summed E-state index contributed by atoms with van der Waals surface area (Å²) in [7, 11) is 0. The van der Waals surface area contributed by atoms with Gasteiger partial charge >= 0.3 is 0 Å². The van der Waals surface area contributed by atoms with Crippen molar-refractivity contribution in [2.45, 2.75) is 38.8 Å². The van der Waals surface area contributed by atoms with Crippen LogP contribution in [0, 0.1) is 5.92 Å². The van der Waals surface area contributed by atoms with Gasteiger partial charge in [0.05, 0.1) is 12.1 Å². The van der Waals surface area contributed by atoms with Crippen molar-refractivity contribution in [3.8, 4) is 11.1 Å². The van der Waals surface area contributed by atoms with Crippen molar-refractivity contribution >= 4 is 12.4 Å². The molecule has 0 saturated carbocycles. The first kappa shape index (κ1) is 17.0. The third-order valence-corrected chi connectivity index (χ3v) is 4.80. The van der Waals surface area contributed by atoms with Gasteiger partial charge in [-0.05, 0) is 40.2 Å². The largest absolute Gasteiger partial charge is 0.391 e. The van der Waals surface area contributed by atoms with Crippen LogP contribution in [-0.2, 0) is 6.42 Å². The molecule has 3 heteroatoms. The normalized spacial score (nSPS) is 16.2. The van der Waals surface area contributed by atoms with Crippen molar-refractivity contribution in [3.05, 3.63) is 59.2 Å². The van der Waals surface area contributed by atoms with Crippen LogP contribution in [0.15, 0.2) is 42.5 Å². The Morgan fingerprint density at radius 3 is 2.50 bits per heavy atom. The number of hydrogen-bond acceptors (Lipinski definition) is 2. The Morgan fingerprint density at radius 2 is 1.77 bits per heavy atom. The Hall–Kier alpha value is -1.35. The zero-order valence-electron chi connectivity index (χ0n) is 13.1. The second-order valence-electron chi connectivity index (χ2n) is 6.15. The summed E-state index contributed by atoms with van der Waals surface area (Å²) in [5.74, 6) is 0.213. The molecule has 2 aromatic rings. The predicted molar refractivity (Wildman–Crippen MR) is 94.3 cm³/mol. The Morgan fingerprint density at radius 1 is 1.09 bits per heavy atom. The molecule has 0 aromatic heterocycles. The second kappa shape index (κ2) is 6.82. The van der Waals surface area contributed by atoms with Gasteiger partial charge in [-0.1, -0.05) is 62.7 Å². The molecule has 0 saturated heterocycles. The Bertz CT molecular complexity index is 656. The summed E-state index contributed by atoms with van der Waals surface area (Å²) in [6, 6.07) is 14.6. The first-order valence-electron chi connectivity index (χ1n) is 7.76. The van der Waals surface area contributed by atoms with E-state index in [1.54, 1.807) is 0 Å². The molecule has 2 nitrogen and oxygen atoms in total. The van der Waals surface area contributed by atoms with Gasteiger partial charge in [0.15, 0.2) is 0 Å². The maximum atomic E-state index is 10.3. The van der Waals surface area contributed by atoms with Gasteiger partial charge in [0, 0.05) is 0 Å². The molecular weight excluding hydrogens is 294 g/mol. The van der Waals surface area contributed by atoms with E-state index in [2.05, 4.69) is 49.4 Å². The minimum absolute atomic E-state index is 0. The van der Waals surface area contributed by atoms with E-state index in [0.29, 0.717) is 0 Å². The summed E-state index contributed by atoms with van der Waals surface area (Å²) >= 11 is 0. The lowest BCUT2D eigenvalue weighted by Crippen LogP contribution is -2.31. The fourth-order valence-corrected chi connectivity index (χ4v) is 3.17. The highest BCUT2D eigenvalue weighted by atomic mass is 35.5. The molecule has 0 amide bonds. The van der Waals surface area contributed by atoms with Crippen LogP contribution in [0.3, 0.4) is 0 Å². The van der Waals surface area contributed by atoms with Gasteiger partial charge in [0.1, 0.15) is 0 Å². The lowest BCUT2D eigenvalue weighted by Gasteiger charge is -2.24.